The largest absolute Gasteiger partial charge is 0.467 e. The number of carbonyl (C=O) groups excluding carboxylic acids is 1. The zero-order valence-corrected chi connectivity index (χ0v) is 17.5. The maximum atomic E-state index is 12.5. The molecule has 1 amide bonds. The van der Waals surface area contributed by atoms with Crippen molar-refractivity contribution in [3.63, 3.8) is 0 Å². The summed E-state index contributed by atoms with van der Waals surface area (Å²) >= 11 is 0. The molecule has 0 unspecified atom stereocenters. The van der Waals surface area contributed by atoms with E-state index in [0.29, 0.717) is 22.6 Å². The Kier molecular flexibility index (Phi) is 5.39. The molecule has 0 spiro atoms. The van der Waals surface area contributed by atoms with Crippen LogP contribution in [0.15, 0.2) is 48.9 Å². The van der Waals surface area contributed by atoms with E-state index >= 15 is 0 Å². The van der Waals surface area contributed by atoms with Crippen molar-refractivity contribution in [2.24, 2.45) is 0 Å². The second-order valence-corrected chi connectivity index (χ2v) is 7.30. The summed E-state index contributed by atoms with van der Waals surface area (Å²) in [4.78, 5) is 27.8. The molecule has 5 rings (SSSR count). The summed E-state index contributed by atoms with van der Waals surface area (Å²) in [7, 11) is 1.51. The maximum absolute atomic E-state index is 12.5. The molecule has 1 aromatic carbocycles. The van der Waals surface area contributed by atoms with E-state index in [1.165, 1.54) is 13.3 Å². The summed E-state index contributed by atoms with van der Waals surface area (Å²) in [5.41, 5.74) is 4.47. The van der Waals surface area contributed by atoms with Crippen LogP contribution in [-0.2, 0) is 4.74 Å². The number of anilines is 3. The standard InChI is InChI=1S/C23H21N6O3/c1-31-23-25-13-16(14-26-23)19-12-15-6-7-24-22(30)20(15)21(28-19)27-17-2-4-18(5-3-17)29-8-10-32-11-9-29/h2-7,12-14H,8-11H2,1H3,(H,27,28). The first-order valence-electron chi connectivity index (χ1n) is 10.2. The van der Waals surface area contributed by atoms with Gasteiger partial charge in [-0.1, -0.05) is 0 Å². The first-order chi connectivity index (χ1) is 15.7. The fraction of sp³-hybridized carbons (Fsp3) is 0.217. The van der Waals surface area contributed by atoms with Crippen LogP contribution in [0.4, 0.5) is 17.2 Å². The zero-order valence-electron chi connectivity index (χ0n) is 17.5. The highest BCUT2D eigenvalue weighted by Crippen LogP contribution is 2.31. The summed E-state index contributed by atoms with van der Waals surface area (Å²) in [5.74, 6) is 0.102. The van der Waals surface area contributed by atoms with Gasteiger partial charge in [0.25, 0.3) is 5.91 Å². The number of hydrogen-bond donors (Lipinski definition) is 1. The van der Waals surface area contributed by atoms with Gasteiger partial charge >= 0.3 is 6.01 Å². The Labute approximate surface area is 185 Å². The number of methoxy groups -OCH3 is 1. The monoisotopic (exact) mass is 429 g/mol. The van der Waals surface area contributed by atoms with Crippen LogP contribution < -0.4 is 20.3 Å². The first-order valence-corrected chi connectivity index (χ1v) is 10.2. The third-order valence-corrected chi connectivity index (χ3v) is 5.32. The van der Waals surface area contributed by atoms with E-state index in [-0.39, 0.29) is 11.9 Å². The molecular weight excluding hydrogens is 408 g/mol. The highest BCUT2D eigenvalue weighted by Gasteiger charge is 2.22. The second-order valence-electron chi connectivity index (χ2n) is 7.30. The zero-order chi connectivity index (χ0) is 21.9. The minimum Gasteiger partial charge on any atom is -0.467 e. The number of pyridine rings is 1. The average Bonchev–Trinajstić information content (AvgIpc) is 2.85. The van der Waals surface area contributed by atoms with Gasteiger partial charge in [0.15, 0.2) is 0 Å². The van der Waals surface area contributed by atoms with Crippen molar-refractivity contribution in [3.05, 3.63) is 60.1 Å². The predicted octanol–water partition coefficient (Wildman–Crippen LogP) is 2.86. The lowest BCUT2D eigenvalue weighted by atomic mass is 10.0. The Bertz CT molecular complexity index is 1160. The second kappa shape index (κ2) is 8.64. The number of amides is 1. The van der Waals surface area contributed by atoms with Crippen LogP contribution in [0.1, 0.15) is 15.9 Å². The van der Waals surface area contributed by atoms with Crippen LogP contribution in [0.5, 0.6) is 6.01 Å². The summed E-state index contributed by atoms with van der Waals surface area (Å²) in [6.45, 7) is 3.21. The molecule has 9 heteroatoms. The summed E-state index contributed by atoms with van der Waals surface area (Å²) in [6.07, 6.45) is 6.57. The van der Waals surface area contributed by atoms with Crippen molar-refractivity contribution < 1.29 is 14.3 Å². The van der Waals surface area contributed by atoms with E-state index < -0.39 is 0 Å². The molecule has 4 heterocycles. The lowest BCUT2D eigenvalue weighted by Gasteiger charge is -2.29. The number of benzene rings is 1. The first kappa shape index (κ1) is 20.0. The fourth-order valence-electron chi connectivity index (χ4n) is 3.68. The molecule has 1 saturated heterocycles. The third kappa shape index (κ3) is 3.97. The Hall–Kier alpha value is -3.98. The third-order valence-electron chi connectivity index (χ3n) is 5.32. The van der Waals surface area contributed by atoms with Gasteiger partial charge in [-0.25, -0.2) is 20.3 Å². The molecule has 32 heavy (non-hydrogen) atoms. The number of morpholine rings is 1. The van der Waals surface area contributed by atoms with Crippen molar-refractivity contribution in [2.45, 2.75) is 0 Å². The van der Waals surface area contributed by atoms with Crippen LogP contribution in [0.3, 0.4) is 0 Å². The van der Waals surface area contributed by atoms with Gasteiger partial charge in [-0.05, 0) is 42.0 Å². The van der Waals surface area contributed by atoms with Gasteiger partial charge in [0.05, 0.1) is 31.6 Å². The number of fused-ring (bicyclic) bond motifs is 1. The van der Waals surface area contributed by atoms with Gasteiger partial charge in [-0.3, -0.25) is 4.79 Å². The van der Waals surface area contributed by atoms with Gasteiger partial charge in [-0.2, -0.15) is 0 Å². The van der Waals surface area contributed by atoms with Crippen LogP contribution in [0.2, 0.25) is 0 Å². The van der Waals surface area contributed by atoms with Crippen LogP contribution in [0, 0.1) is 0 Å². The molecule has 161 valence electrons. The number of nitrogens with zero attached hydrogens (tertiary/aromatic N) is 5. The van der Waals surface area contributed by atoms with E-state index in [1.807, 2.05) is 30.3 Å². The molecule has 1 fully saturated rings. The fourth-order valence-corrected chi connectivity index (χ4v) is 3.68. The number of rotatable bonds is 5. The average molecular weight is 429 g/mol. The molecule has 0 atom stereocenters. The number of nitrogens with one attached hydrogen (secondary N) is 1. The van der Waals surface area contributed by atoms with E-state index in [4.69, 9.17) is 14.5 Å². The maximum Gasteiger partial charge on any atom is 0.316 e. The highest BCUT2D eigenvalue weighted by atomic mass is 16.5. The SMILES string of the molecule is COc1ncc(-c2cc3c(c(Nc4ccc(N5CCOCC5)cc4)n2)C(=O)[N]C=C3)cn1. The van der Waals surface area contributed by atoms with Crippen LogP contribution in [0.25, 0.3) is 17.3 Å². The van der Waals surface area contributed by atoms with Crippen molar-refractivity contribution >= 4 is 29.2 Å². The Balaban J connectivity index is 1.48. The Morgan fingerprint density at radius 3 is 2.56 bits per heavy atom. The highest BCUT2D eigenvalue weighted by molar-refractivity contribution is 6.05. The topological polar surface area (TPSA) is 104 Å². The van der Waals surface area contributed by atoms with E-state index in [2.05, 4.69) is 25.5 Å². The molecule has 0 aliphatic carbocycles. The number of carbonyl (C=O) groups is 1. The molecule has 2 aliphatic heterocycles. The molecule has 9 nitrogen and oxygen atoms in total. The molecular formula is C23H21N6O3. The van der Waals surface area contributed by atoms with E-state index in [9.17, 15) is 4.79 Å². The lowest BCUT2D eigenvalue weighted by molar-refractivity contribution is 0.0965. The molecule has 1 radical (unpaired) electrons. The minimum atomic E-state index is -0.333. The van der Waals surface area contributed by atoms with Crippen LogP contribution >= 0.6 is 0 Å². The molecule has 2 aromatic heterocycles. The number of ether oxygens (including phenoxy) is 2. The normalized spacial score (nSPS) is 15.2. The number of hydrogen-bond acceptors (Lipinski definition) is 8. The lowest BCUT2D eigenvalue weighted by Crippen LogP contribution is -2.36. The minimum absolute atomic E-state index is 0.277. The van der Waals surface area contributed by atoms with Gasteiger partial charge in [0.1, 0.15) is 5.82 Å². The Morgan fingerprint density at radius 1 is 1.09 bits per heavy atom. The van der Waals surface area contributed by atoms with E-state index in [0.717, 1.165) is 43.2 Å². The Morgan fingerprint density at radius 2 is 1.84 bits per heavy atom. The van der Waals surface area contributed by atoms with Crippen molar-refractivity contribution in [1.82, 2.24) is 20.3 Å². The van der Waals surface area contributed by atoms with Crippen molar-refractivity contribution in [2.75, 3.05) is 43.6 Å². The molecule has 3 aromatic rings. The summed E-state index contributed by atoms with van der Waals surface area (Å²) in [6, 6.07) is 10.2. The van der Waals surface area contributed by atoms with Crippen molar-refractivity contribution in [1.29, 1.82) is 0 Å². The van der Waals surface area contributed by atoms with Crippen molar-refractivity contribution in [3.8, 4) is 17.3 Å². The molecule has 0 bridgehead atoms. The molecule has 0 saturated carbocycles. The summed E-state index contributed by atoms with van der Waals surface area (Å²) in [5, 5.41) is 7.21. The molecule has 1 N–H and O–H groups in total. The predicted molar refractivity (Wildman–Crippen MR) is 120 cm³/mol. The number of aromatic nitrogens is 3. The van der Waals surface area contributed by atoms with Gasteiger partial charge in [0.2, 0.25) is 0 Å². The smallest absolute Gasteiger partial charge is 0.316 e. The van der Waals surface area contributed by atoms with Gasteiger partial charge in [0, 0.05) is 48.6 Å². The molecule has 2 aliphatic rings. The van der Waals surface area contributed by atoms with E-state index in [1.54, 1.807) is 18.5 Å². The summed E-state index contributed by atoms with van der Waals surface area (Å²) < 4.78 is 10.5. The van der Waals surface area contributed by atoms with Gasteiger partial charge in [-0.15, -0.1) is 0 Å². The van der Waals surface area contributed by atoms with Crippen LogP contribution in [-0.4, -0.2) is 54.3 Å². The van der Waals surface area contributed by atoms with Gasteiger partial charge < -0.3 is 19.7 Å². The quantitative estimate of drug-likeness (QED) is 0.660.